The van der Waals surface area contributed by atoms with E-state index in [1.807, 2.05) is 13.0 Å². The zero-order chi connectivity index (χ0) is 27.9. The van der Waals surface area contributed by atoms with E-state index in [0.29, 0.717) is 36.9 Å². The van der Waals surface area contributed by atoms with Crippen molar-refractivity contribution in [1.82, 2.24) is 0 Å². The highest BCUT2D eigenvalue weighted by molar-refractivity contribution is 6.04. The number of carbonyl (C=O) groups is 2. The van der Waals surface area contributed by atoms with E-state index in [4.69, 9.17) is 9.47 Å². The third-order valence-corrected chi connectivity index (χ3v) is 14.2. The molecule has 0 bridgehead atoms. The first-order valence-corrected chi connectivity index (χ1v) is 15.5. The van der Waals surface area contributed by atoms with Gasteiger partial charge in [-0.2, -0.15) is 0 Å². The molecule has 10 atom stereocenters. The standard InChI is InChI=1S/C34H54O4/c1-10-19-38-27-21-29(2,3)20-23-22-11-12-24-31(5)15-14-26(35)34(8,28(36)37-9)25(31)13-16-33(24,7)32(22,6)18-17-30(23,27)4/h10,22-25,27H,1,11-21H2,2-9H3/t22?,23?,24?,25?,27?,30?,31?,32-,33?,34-/m1/s1. The molecule has 0 aromatic carbocycles. The molecule has 0 saturated heterocycles. The van der Waals surface area contributed by atoms with Gasteiger partial charge < -0.3 is 9.47 Å². The summed E-state index contributed by atoms with van der Waals surface area (Å²) >= 11 is 0. The fraction of sp³-hybridized carbons (Fsp3) is 0.882. The van der Waals surface area contributed by atoms with Crippen molar-refractivity contribution in [2.75, 3.05) is 13.7 Å². The second-order valence-corrected chi connectivity index (χ2v) is 16.1. The molecule has 0 aromatic heterocycles. The first-order valence-electron chi connectivity index (χ1n) is 15.5. The fourth-order valence-corrected chi connectivity index (χ4v) is 11.9. The second-order valence-electron chi connectivity index (χ2n) is 16.1. The van der Waals surface area contributed by atoms with Crippen molar-refractivity contribution in [3.8, 4) is 0 Å². The number of carbonyl (C=O) groups excluding carboxylic acids is 2. The van der Waals surface area contributed by atoms with E-state index in [0.717, 1.165) is 25.7 Å². The Balaban J connectivity index is 1.52. The number of fused-ring (bicyclic) bond motifs is 7. The van der Waals surface area contributed by atoms with Crippen molar-refractivity contribution in [1.29, 1.82) is 0 Å². The molecule has 214 valence electrons. The van der Waals surface area contributed by atoms with E-state index in [-0.39, 0.29) is 44.7 Å². The Kier molecular flexibility index (Phi) is 6.66. The third kappa shape index (κ3) is 3.56. The highest BCUT2D eigenvalue weighted by Crippen LogP contribution is 2.77. The van der Waals surface area contributed by atoms with Crippen LogP contribution in [0.2, 0.25) is 0 Å². The second kappa shape index (κ2) is 8.92. The molecule has 0 spiro atoms. The highest BCUT2D eigenvalue weighted by atomic mass is 16.5. The van der Waals surface area contributed by atoms with Crippen LogP contribution in [0.15, 0.2) is 12.7 Å². The quantitative estimate of drug-likeness (QED) is 0.213. The molecular formula is C34H54O4. The van der Waals surface area contributed by atoms with Crippen molar-refractivity contribution in [2.24, 2.45) is 56.2 Å². The van der Waals surface area contributed by atoms with E-state index in [1.165, 1.54) is 39.2 Å². The van der Waals surface area contributed by atoms with Crippen LogP contribution < -0.4 is 0 Å². The molecule has 8 unspecified atom stereocenters. The molecule has 4 heteroatoms. The molecule has 0 amide bonds. The Hall–Kier alpha value is -1.16. The van der Waals surface area contributed by atoms with E-state index < -0.39 is 5.41 Å². The zero-order valence-corrected chi connectivity index (χ0v) is 25.6. The van der Waals surface area contributed by atoms with Crippen LogP contribution in [0.25, 0.3) is 0 Å². The summed E-state index contributed by atoms with van der Waals surface area (Å²) < 4.78 is 11.8. The number of Topliss-reactive ketones (excluding diaryl/α,β-unsaturated/α-hetero) is 1. The lowest BCUT2D eigenvalue weighted by Crippen LogP contribution is -2.68. The normalized spacial score (nSPS) is 51.6. The van der Waals surface area contributed by atoms with Gasteiger partial charge in [-0.25, -0.2) is 0 Å². The topological polar surface area (TPSA) is 52.6 Å². The summed E-state index contributed by atoms with van der Waals surface area (Å²) in [7, 11) is 1.45. The average molecular weight is 527 g/mol. The maximum absolute atomic E-state index is 13.3. The lowest BCUT2D eigenvalue weighted by molar-refractivity contribution is -0.257. The number of hydrogen-bond acceptors (Lipinski definition) is 4. The van der Waals surface area contributed by atoms with Crippen LogP contribution >= 0.6 is 0 Å². The highest BCUT2D eigenvalue weighted by Gasteiger charge is 2.72. The first-order chi connectivity index (χ1) is 17.6. The van der Waals surface area contributed by atoms with Gasteiger partial charge in [-0.15, -0.1) is 6.58 Å². The maximum atomic E-state index is 13.3. The van der Waals surface area contributed by atoms with Gasteiger partial charge in [-0.1, -0.05) is 47.6 Å². The Bertz CT molecular complexity index is 990. The average Bonchev–Trinajstić information content (AvgIpc) is 2.86. The summed E-state index contributed by atoms with van der Waals surface area (Å²) in [6.07, 6.45) is 13.0. The van der Waals surface area contributed by atoms with Crippen molar-refractivity contribution in [3.63, 3.8) is 0 Å². The largest absolute Gasteiger partial charge is 0.468 e. The Morgan fingerprint density at radius 1 is 0.868 bits per heavy atom. The van der Waals surface area contributed by atoms with Crippen molar-refractivity contribution < 1.29 is 19.1 Å². The molecule has 5 saturated carbocycles. The zero-order valence-electron chi connectivity index (χ0n) is 25.6. The molecule has 5 aliphatic rings. The molecule has 5 fully saturated rings. The van der Waals surface area contributed by atoms with Gasteiger partial charge in [0.15, 0.2) is 0 Å². The minimum Gasteiger partial charge on any atom is -0.468 e. The lowest BCUT2D eigenvalue weighted by atomic mass is 9.31. The molecule has 0 aromatic rings. The number of hydrogen-bond donors (Lipinski definition) is 0. The van der Waals surface area contributed by atoms with Crippen molar-refractivity contribution in [2.45, 2.75) is 119 Å². The molecule has 0 aliphatic heterocycles. The molecule has 4 nitrogen and oxygen atoms in total. The minimum absolute atomic E-state index is 0.0139. The summed E-state index contributed by atoms with van der Waals surface area (Å²) in [6, 6.07) is 0. The molecule has 5 rings (SSSR count). The summed E-state index contributed by atoms with van der Waals surface area (Å²) in [6.45, 7) is 21.6. The van der Waals surface area contributed by atoms with Crippen LogP contribution in [0.1, 0.15) is 113 Å². The van der Waals surface area contributed by atoms with E-state index >= 15 is 0 Å². The van der Waals surface area contributed by atoms with Gasteiger partial charge >= 0.3 is 5.97 Å². The van der Waals surface area contributed by atoms with Gasteiger partial charge in [0, 0.05) is 6.42 Å². The number of esters is 1. The maximum Gasteiger partial charge on any atom is 0.319 e. The van der Waals surface area contributed by atoms with Gasteiger partial charge in [0.25, 0.3) is 0 Å². The minimum atomic E-state index is -1.00. The molecular weight excluding hydrogens is 472 g/mol. The van der Waals surface area contributed by atoms with Gasteiger partial charge in [0.05, 0.1) is 19.8 Å². The van der Waals surface area contributed by atoms with Gasteiger partial charge in [-0.3, -0.25) is 9.59 Å². The summed E-state index contributed by atoms with van der Waals surface area (Å²) in [5.41, 5.74) is -0.0584. The number of ketones is 1. The number of methoxy groups -OCH3 is 1. The van der Waals surface area contributed by atoms with Crippen LogP contribution in [0, 0.1) is 56.2 Å². The predicted octanol–water partition coefficient (Wildman–Crippen LogP) is 7.79. The van der Waals surface area contributed by atoms with Gasteiger partial charge in [-0.05, 0) is 115 Å². The molecule has 38 heavy (non-hydrogen) atoms. The van der Waals surface area contributed by atoms with Crippen LogP contribution in [0.3, 0.4) is 0 Å². The Morgan fingerprint density at radius 2 is 1.58 bits per heavy atom. The van der Waals surface area contributed by atoms with Crippen LogP contribution in [0.4, 0.5) is 0 Å². The lowest BCUT2D eigenvalue weighted by Gasteiger charge is -2.73. The number of ether oxygens (including phenoxy) is 2. The van der Waals surface area contributed by atoms with Crippen LogP contribution in [-0.2, 0) is 19.1 Å². The van der Waals surface area contributed by atoms with E-state index in [2.05, 4.69) is 48.1 Å². The van der Waals surface area contributed by atoms with Crippen molar-refractivity contribution in [3.05, 3.63) is 12.7 Å². The summed E-state index contributed by atoms with van der Waals surface area (Å²) in [5.74, 6) is 1.73. The Morgan fingerprint density at radius 3 is 2.24 bits per heavy atom. The van der Waals surface area contributed by atoms with Crippen LogP contribution in [0.5, 0.6) is 0 Å². The van der Waals surface area contributed by atoms with E-state index in [1.54, 1.807) is 0 Å². The molecule has 0 radical (unpaired) electrons. The van der Waals surface area contributed by atoms with Gasteiger partial charge in [0.1, 0.15) is 11.2 Å². The SMILES string of the molecule is C=CCOC1CC(C)(C)CC2C3CCC4C5(C)CCC(=O)[C@](C)(C(=O)OC)C5CCC4(C)[C@]3(C)CCC12C. The monoisotopic (exact) mass is 526 g/mol. The van der Waals surface area contributed by atoms with Crippen molar-refractivity contribution >= 4 is 11.8 Å². The molecule has 5 aliphatic carbocycles. The summed E-state index contributed by atoms with van der Waals surface area (Å²) in [5, 5.41) is 0. The molecule has 0 N–H and O–H groups in total. The molecule has 0 heterocycles. The van der Waals surface area contributed by atoms with Crippen LogP contribution in [-0.4, -0.2) is 31.6 Å². The van der Waals surface area contributed by atoms with E-state index in [9.17, 15) is 9.59 Å². The summed E-state index contributed by atoms with van der Waals surface area (Å²) in [4.78, 5) is 26.4. The fourth-order valence-electron chi connectivity index (χ4n) is 11.9. The number of rotatable bonds is 4. The predicted molar refractivity (Wildman–Crippen MR) is 151 cm³/mol. The van der Waals surface area contributed by atoms with Gasteiger partial charge in [0.2, 0.25) is 0 Å². The third-order valence-electron chi connectivity index (χ3n) is 14.2. The Labute approximate surface area is 232 Å². The first kappa shape index (κ1) is 28.4. The smallest absolute Gasteiger partial charge is 0.319 e.